The molecule has 1 unspecified atom stereocenters. The van der Waals surface area contributed by atoms with Crippen molar-refractivity contribution in [1.82, 2.24) is 25.0 Å². The molecule has 1 N–H and O–H groups in total. The molecule has 0 aliphatic carbocycles. The molecule has 0 bridgehead atoms. The summed E-state index contributed by atoms with van der Waals surface area (Å²) in [6.07, 6.45) is 4.67. The van der Waals surface area contributed by atoms with Crippen LogP contribution >= 0.6 is 0 Å². The van der Waals surface area contributed by atoms with Crippen molar-refractivity contribution in [3.8, 4) is 0 Å². The largest absolute Gasteiger partial charge is 0.381 e. The highest BCUT2D eigenvalue weighted by molar-refractivity contribution is 5.79. The number of ether oxygens (including phenoxy) is 1. The lowest BCUT2D eigenvalue weighted by atomic mass is 9.99. The molecular weight excluding hydrogens is 330 g/mol. The van der Waals surface area contributed by atoms with Gasteiger partial charge in [-0.1, -0.05) is 11.6 Å². The van der Waals surface area contributed by atoms with Crippen LogP contribution in [0.1, 0.15) is 51.3 Å². The average molecular weight is 361 g/mol. The van der Waals surface area contributed by atoms with Crippen molar-refractivity contribution in [1.29, 1.82) is 0 Å². The first-order valence-electron chi connectivity index (χ1n) is 9.72. The van der Waals surface area contributed by atoms with Crippen LogP contribution in [0.3, 0.4) is 0 Å². The number of allylic oxidation sites excluding steroid dienone is 1. The maximum atomic E-state index is 12.5. The maximum absolute atomic E-state index is 12.5. The van der Waals surface area contributed by atoms with Crippen molar-refractivity contribution in [2.24, 2.45) is 5.92 Å². The third-order valence-corrected chi connectivity index (χ3v) is 5.45. The first-order valence-corrected chi connectivity index (χ1v) is 9.72. The fourth-order valence-electron chi connectivity index (χ4n) is 3.67. The van der Waals surface area contributed by atoms with E-state index in [1.54, 1.807) is 0 Å². The molecule has 7 heteroatoms. The molecular formula is C19H31N5O2. The Bertz CT molecular complexity index is 648. The van der Waals surface area contributed by atoms with Crippen LogP contribution in [0.2, 0.25) is 0 Å². The van der Waals surface area contributed by atoms with Crippen LogP contribution in [0.25, 0.3) is 0 Å². The summed E-state index contributed by atoms with van der Waals surface area (Å²) in [6, 6.07) is -0.129. The summed E-state index contributed by atoms with van der Waals surface area (Å²) in [6.45, 7) is 11.4. The van der Waals surface area contributed by atoms with E-state index in [1.165, 1.54) is 5.57 Å². The smallest absolute Gasteiger partial charge is 0.223 e. The van der Waals surface area contributed by atoms with Gasteiger partial charge >= 0.3 is 0 Å². The number of fused-ring (bicyclic) bond motifs is 1. The van der Waals surface area contributed by atoms with E-state index in [9.17, 15) is 4.79 Å². The molecule has 0 spiro atoms. The van der Waals surface area contributed by atoms with Crippen molar-refractivity contribution in [3.63, 3.8) is 0 Å². The molecule has 1 aromatic heterocycles. The summed E-state index contributed by atoms with van der Waals surface area (Å²) in [5.41, 5.74) is 1.39. The number of hydrogen-bond donors (Lipinski definition) is 1. The van der Waals surface area contributed by atoms with Crippen LogP contribution < -0.4 is 5.32 Å². The van der Waals surface area contributed by atoms with Gasteiger partial charge in [0.05, 0.1) is 6.04 Å². The minimum atomic E-state index is -0.129. The van der Waals surface area contributed by atoms with Gasteiger partial charge in [0, 0.05) is 51.7 Å². The lowest BCUT2D eigenvalue weighted by Crippen LogP contribution is -2.37. The Labute approximate surface area is 155 Å². The maximum Gasteiger partial charge on any atom is 0.223 e. The first-order chi connectivity index (χ1) is 12.6. The number of nitrogens with zero attached hydrogens (tertiary/aromatic N) is 4. The van der Waals surface area contributed by atoms with Crippen molar-refractivity contribution in [2.45, 2.75) is 52.6 Å². The molecule has 3 rings (SSSR count). The Morgan fingerprint density at radius 1 is 1.31 bits per heavy atom. The Morgan fingerprint density at radius 2 is 2.08 bits per heavy atom. The predicted molar refractivity (Wildman–Crippen MR) is 99.7 cm³/mol. The molecule has 2 aliphatic heterocycles. The van der Waals surface area contributed by atoms with E-state index in [0.717, 1.165) is 57.1 Å². The van der Waals surface area contributed by atoms with Gasteiger partial charge in [-0.3, -0.25) is 9.69 Å². The van der Waals surface area contributed by atoms with E-state index in [2.05, 4.69) is 44.9 Å². The molecule has 1 fully saturated rings. The number of nitrogens with one attached hydrogen (secondary N) is 1. The Balaban J connectivity index is 1.62. The van der Waals surface area contributed by atoms with Gasteiger partial charge in [0.25, 0.3) is 0 Å². The van der Waals surface area contributed by atoms with Crippen molar-refractivity contribution in [2.75, 3.05) is 32.8 Å². The second-order valence-corrected chi connectivity index (χ2v) is 7.40. The van der Waals surface area contributed by atoms with Crippen LogP contribution in [0.4, 0.5) is 0 Å². The van der Waals surface area contributed by atoms with Gasteiger partial charge in [-0.2, -0.15) is 0 Å². The SMILES string of the molecule is CC=C(C)CN1CCc2nnc(C(C)NC(=O)C3CCOCC3)n2CC1. The molecule has 1 aromatic rings. The third kappa shape index (κ3) is 4.51. The molecule has 0 saturated carbocycles. The number of amides is 1. The number of hydrogen-bond acceptors (Lipinski definition) is 5. The summed E-state index contributed by atoms with van der Waals surface area (Å²) in [7, 11) is 0. The Kier molecular flexibility index (Phi) is 6.43. The van der Waals surface area contributed by atoms with Crippen LogP contribution in [0, 0.1) is 5.92 Å². The summed E-state index contributed by atoms with van der Waals surface area (Å²) >= 11 is 0. The standard InChI is InChI=1S/C19H31N5O2/c1-4-14(2)13-23-8-5-17-21-22-18(24(17)10-9-23)15(3)20-19(25)16-6-11-26-12-7-16/h4,15-16H,5-13H2,1-3H3,(H,20,25). The van der Waals surface area contributed by atoms with Crippen LogP contribution in [0.5, 0.6) is 0 Å². The quantitative estimate of drug-likeness (QED) is 0.809. The predicted octanol–water partition coefficient (Wildman–Crippen LogP) is 1.71. The van der Waals surface area contributed by atoms with Crippen molar-refractivity contribution >= 4 is 5.91 Å². The average Bonchev–Trinajstić information content (AvgIpc) is 2.97. The second kappa shape index (κ2) is 8.77. The lowest BCUT2D eigenvalue weighted by Gasteiger charge is -2.23. The van der Waals surface area contributed by atoms with Gasteiger partial charge in [-0.25, -0.2) is 0 Å². The van der Waals surface area contributed by atoms with E-state index < -0.39 is 0 Å². The molecule has 7 nitrogen and oxygen atoms in total. The third-order valence-electron chi connectivity index (χ3n) is 5.45. The molecule has 26 heavy (non-hydrogen) atoms. The zero-order valence-electron chi connectivity index (χ0n) is 16.2. The minimum absolute atomic E-state index is 0.0528. The fraction of sp³-hybridized carbons (Fsp3) is 0.737. The fourth-order valence-corrected chi connectivity index (χ4v) is 3.67. The first kappa shape index (κ1) is 19.0. The van der Waals surface area contributed by atoms with E-state index in [-0.39, 0.29) is 17.9 Å². The number of carbonyl (C=O) groups excluding carboxylic acids is 1. The molecule has 1 atom stereocenters. The Morgan fingerprint density at radius 3 is 2.81 bits per heavy atom. The van der Waals surface area contributed by atoms with Gasteiger partial charge in [0.15, 0.2) is 5.82 Å². The zero-order valence-corrected chi connectivity index (χ0v) is 16.2. The molecule has 1 saturated heterocycles. The van der Waals surface area contributed by atoms with E-state index in [1.807, 2.05) is 6.92 Å². The van der Waals surface area contributed by atoms with Gasteiger partial charge in [0.1, 0.15) is 5.82 Å². The molecule has 3 heterocycles. The number of rotatable bonds is 5. The summed E-state index contributed by atoms with van der Waals surface area (Å²) in [5.74, 6) is 2.05. The molecule has 144 valence electrons. The topological polar surface area (TPSA) is 72.3 Å². The molecule has 0 radical (unpaired) electrons. The van der Waals surface area contributed by atoms with Crippen LogP contribution in [-0.4, -0.2) is 58.4 Å². The molecule has 1 amide bonds. The molecule has 2 aliphatic rings. The number of carbonyl (C=O) groups is 1. The van der Waals surface area contributed by atoms with Gasteiger partial charge in [-0.15, -0.1) is 10.2 Å². The van der Waals surface area contributed by atoms with E-state index in [4.69, 9.17) is 4.74 Å². The van der Waals surface area contributed by atoms with Crippen molar-refractivity contribution < 1.29 is 9.53 Å². The highest BCUT2D eigenvalue weighted by atomic mass is 16.5. The van der Waals surface area contributed by atoms with Crippen LogP contribution in [0.15, 0.2) is 11.6 Å². The highest BCUT2D eigenvalue weighted by Gasteiger charge is 2.26. The lowest BCUT2D eigenvalue weighted by molar-refractivity contribution is -0.128. The summed E-state index contributed by atoms with van der Waals surface area (Å²) in [5, 5.41) is 11.9. The molecule has 0 aromatic carbocycles. The van der Waals surface area contributed by atoms with Crippen molar-refractivity contribution in [3.05, 3.63) is 23.3 Å². The monoisotopic (exact) mass is 361 g/mol. The van der Waals surface area contributed by atoms with E-state index in [0.29, 0.717) is 13.2 Å². The normalized spacial score (nSPS) is 21.1. The number of aromatic nitrogens is 3. The minimum Gasteiger partial charge on any atom is -0.381 e. The second-order valence-electron chi connectivity index (χ2n) is 7.40. The van der Waals surface area contributed by atoms with Gasteiger partial charge < -0.3 is 14.6 Å². The zero-order chi connectivity index (χ0) is 18.5. The summed E-state index contributed by atoms with van der Waals surface area (Å²) in [4.78, 5) is 15.0. The Hall–Kier alpha value is -1.73. The van der Waals surface area contributed by atoms with Crippen LogP contribution in [-0.2, 0) is 22.5 Å². The summed E-state index contributed by atoms with van der Waals surface area (Å²) < 4.78 is 7.54. The van der Waals surface area contributed by atoms with Gasteiger partial charge in [0.2, 0.25) is 5.91 Å². The highest BCUT2D eigenvalue weighted by Crippen LogP contribution is 2.19. The van der Waals surface area contributed by atoms with Gasteiger partial charge in [-0.05, 0) is 33.6 Å². The van der Waals surface area contributed by atoms with E-state index >= 15 is 0 Å².